The van der Waals surface area contributed by atoms with Crippen LogP contribution in [0.3, 0.4) is 0 Å². The van der Waals surface area contributed by atoms with Gasteiger partial charge >= 0.3 is 0 Å². The van der Waals surface area contributed by atoms with E-state index in [-0.39, 0.29) is 6.61 Å². The minimum Gasteiger partial charge on any atom is -0.497 e. The van der Waals surface area contributed by atoms with Gasteiger partial charge in [-0.2, -0.15) is 9.61 Å². The van der Waals surface area contributed by atoms with Crippen LogP contribution in [0.25, 0.3) is 15.5 Å². The minimum absolute atomic E-state index is 0.288. The number of rotatable bonds is 6. The summed E-state index contributed by atoms with van der Waals surface area (Å²) < 4.78 is 12.7. The molecule has 0 amide bonds. The third-order valence-electron chi connectivity index (χ3n) is 4.11. The zero-order chi connectivity index (χ0) is 18.8. The highest BCUT2D eigenvalue weighted by molar-refractivity contribution is 7.19. The first-order chi connectivity index (χ1) is 13.1. The van der Waals surface area contributed by atoms with E-state index in [1.807, 2.05) is 38.4 Å². The first-order valence-corrected chi connectivity index (χ1v) is 9.21. The average molecular weight is 381 g/mol. The standard InChI is InChI=1S/C19H19N5O2S/c1-23(2)14-6-4-13(5-7-14)18-22-24-17(20-21-19(24)27-18)12-26-16-10-8-15(25-3)9-11-16/h4-11H,12H2,1-3H3. The second-order valence-electron chi connectivity index (χ2n) is 6.12. The van der Waals surface area contributed by atoms with E-state index in [2.05, 4.69) is 44.5 Å². The molecule has 4 rings (SSSR count). The molecule has 0 atom stereocenters. The Hall–Kier alpha value is -3.13. The van der Waals surface area contributed by atoms with Gasteiger partial charge in [0.2, 0.25) is 4.96 Å². The number of methoxy groups -OCH3 is 1. The largest absolute Gasteiger partial charge is 0.497 e. The van der Waals surface area contributed by atoms with E-state index in [9.17, 15) is 0 Å². The Balaban J connectivity index is 1.52. The van der Waals surface area contributed by atoms with E-state index in [1.165, 1.54) is 11.3 Å². The Bertz CT molecular complexity index is 1040. The molecule has 7 nitrogen and oxygen atoms in total. The fourth-order valence-corrected chi connectivity index (χ4v) is 3.45. The van der Waals surface area contributed by atoms with Crippen LogP contribution in [0.5, 0.6) is 11.5 Å². The Morgan fingerprint density at radius 3 is 2.33 bits per heavy atom. The van der Waals surface area contributed by atoms with Gasteiger partial charge in [0.25, 0.3) is 0 Å². The summed E-state index contributed by atoms with van der Waals surface area (Å²) in [6, 6.07) is 15.7. The van der Waals surface area contributed by atoms with Crippen molar-refractivity contribution in [1.29, 1.82) is 0 Å². The molecule has 0 bridgehead atoms. The zero-order valence-corrected chi connectivity index (χ0v) is 16.1. The molecule has 0 unspecified atom stereocenters. The maximum atomic E-state index is 5.80. The molecular weight excluding hydrogens is 362 g/mol. The number of nitrogens with zero attached hydrogens (tertiary/aromatic N) is 5. The predicted octanol–water partition coefficient (Wildman–Crippen LogP) is 3.51. The molecule has 2 aromatic carbocycles. The minimum atomic E-state index is 0.288. The smallest absolute Gasteiger partial charge is 0.235 e. The summed E-state index contributed by atoms with van der Waals surface area (Å²) >= 11 is 1.50. The van der Waals surface area contributed by atoms with Crippen molar-refractivity contribution < 1.29 is 9.47 Å². The van der Waals surface area contributed by atoms with Gasteiger partial charge in [0.05, 0.1) is 7.11 Å². The summed E-state index contributed by atoms with van der Waals surface area (Å²) in [7, 11) is 5.68. The van der Waals surface area contributed by atoms with Gasteiger partial charge in [0.1, 0.15) is 23.1 Å². The Labute approximate surface area is 160 Å². The lowest BCUT2D eigenvalue weighted by Crippen LogP contribution is -2.07. The van der Waals surface area contributed by atoms with Crippen molar-refractivity contribution in [3.63, 3.8) is 0 Å². The van der Waals surface area contributed by atoms with Gasteiger partial charge in [-0.15, -0.1) is 10.2 Å². The lowest BCUT2D eigenvalue weighted by molar-refractivity contribution is 0.292. The first kappa shape index (κ1) is 17.3. The normalized spacial score (nSPS) is 10.9. The van der Waals surface area contributed by atoms with E-state index < -0.39 is 0 Å². The molecule has 0 aliphatic heterocycles. The number of hydrogen-bond acceptors (Lipinski definition) is 7. The Kier molecular flexibility index (Phi) is 4.64. The molecular formula is C19H19N5O2S. The highest BCUT2D eigenvalue weighted by Gasteiger charge is 2.13. The molecule has 2 aromatic heterocycles. The molecule has 0 radical (unpaired) electrons. The second kappa shape index (κ2) is 7.24. The SMILES string of the molecule is COc1ccc(OCc2nnc3sc(-c4ccc(N(C)C)cc4)nn23)cc1. The topological polar surface area (TPSA) is 64.8 Å². The van der Waals surface area contributed by atoms with Crippen LogP contribution in [0.1, 0.15) is 5.82 Å². The van der Waals surface area contributed by atoms with Gasteiger partial charge in [0, 0.05) is 25.3 Å². The Morgan fingerprint density at radius 1 is 0.963 bits per heavy atom. The first-order valence-electron chi connectivity index (χ1n) is 8.40. The highest BCUT2D eigenvalue weighted by Crippen LogP contribution is 2.27. The summed E-state index contributed by atoms with van der Waals surface area (Å²) in [5.74, 6) is 2.19. The number of hydrogen-bond donors (Lipinski definition) is 0. The number of anilines is 1. The predicted molar refractivity (Wildman–Crippen MR) is 106 cm³/mol. The second-order valence-corrected chi connectivity index (χ2v) is 7.08. The van der Waals surface area contributed by atoms with Crippen molar-refractivity contribution >= 4 is 22.0 Å². The van der Waals surface area contributed by atoms with E-state index in [0.717, 1.165) is 32.7 Å². The third-order valence-corrected chi connectivity index (χ3v) is 5.06. The lowest BCUT2D eigenvalue weighted by Gasteiger charge is -2.11. The van der Waals surface area contributed by atoms with Crippen LogP contribution in [0.15, 0.2) is 48.5 Å². The number of aromatic nitrogens is 4. The van der Waals surface area contributed by atoms with Crippen LogP contribution < -0.4 is 14.4 Å². The van der Waals surface area contributed by atoms with Gasteiger partial charge in [0.15, 0.2) is 5.82 Å². The average Bonchev–Trinajstić information content (AvgIpc) is 3.28. The van der Waals surface area contributed by atoms with E-state index >= 15 is 0 Å². The van der Waals surface area contributed by atoms with Crippen molar-refractivity contribution in [3.8, 4) is 22.1 Å². The van der Waals surface area contributed by atoms with Crippen molar-refractivity contribution in [2.45, 2.75) is 6.61 Å². The zero-order valence-electron chi connectivity index (χ0n) is 15.3. The molecule has 4 aromatic rings. The van der Waals surface area contributed by atoms with Crippen molar-refractivity contribution in [2.24, 2.45) is 0 Å². The van der Waals surface area contributed by atoms with E-state index in [1.54, 1.807) is 11.6 Å². The summed E-state index contributed by atoms with van der Waals surface area (Å²) in [5, 5.41) is 13.9. The molecule has 0 aliphatic carbocycles. The molecule has 0 N–H and O–H groups in total. The fourth-order valence-electron chi connectivity index (χ4n) is 2.59. The molecule has 0 saturated carbocycles. The number of ether oxygens (including phenoxy) is 2. The Morgan fingerprint density at radius 2 is 1.67 bits per heavy atom. The summed E-state index contributed by atoms with van der Waals surface area (Å²) in [4.78, 5) is 2.81. The quantitative estimate of drug-likeness (QED) is 0.509. The molecule has 27 heavy (non-hydrogen) atoms. The number of benzene rings is 2. The van der Waals surface area contributed by atoms with Crippen molar-refractivity contribution in [3.05, 3.63) is 54.4 Å². The van der Waals surface area contributed by atoms with Crippen molar-refractivity contribution in [1.82, 2.24) is 19.8 Å². The maximum absolute atomic E-state index is 5.80. The van der Waals surface area contributed by atoms with Crippen LogP contribution in [0, 0.1) is 0 Å². The van der Waals surface area contributed by atoms with Gasteiger partial charge in [-0.25, -0.2) is 0 Å². The van der Waals surface area contributed by atoms with Crippen LogP contribution in [0.2, 0.25) is 0 Å². The van der Waals surface area contributed by atoms with Gasteiger partial charge in [-0.3, -0.25) is 0 Å². The maximum Gasteiger partial charge on any atom is 0.235 e. The van der Waals surface area contributed by atoms with Crippen molar-refractivity contribution in [2.75, 3.05) is 26.1 Å². The van der Waals surface area contributed by atoms with Crippen LogP contribution >= 0.6 is 11.3 Å². The van der Waals surface area contributed by atoms with Gasteiger partial charge in [-0.1, -0.05) is 11.3 Å². The van der Waals surface area contributed by atoms with E-state index in [4.69, 9.17) is 9.47 Å². The summed E-state index contributed by atoms with van der Waals surface area (Å²) in [5.41, 5.74) is 2.20. The monoisotopic (exact) mass is 381 g/mol. The van der Waals surface area contributed by atoms with Gasteiger partial charge in [-0.05, 0) is 48.5 Å². The van der Waals surface area contributed by atoms with Gasteiger partial charge < -0.3 is 14.4 Å². The molecule has 2 heterocycles. The van der Waals surface area contributed by atoms with Crippen LogP contribution in [0.4, 0.5) is 5.69 Å². The number of fused-ring (bicyclic) bond motifs is 1. The molecule has 138 valence electrons. The molecule has 0 saturated heterocycles. The molecule has 8 heteroatoms. The lowest BCUT2D eigenvalue weighted by atomic mass is 10.2. The summed E-state index contributed by atoms with van der Waals surface area (Å²) in [6.45, 7) is 0.288. The highest BCUT2D eigenvalue weighted by atomic mass is 32.1. The molecule has 0 spiro atoms. The third kappa shape index (κ3) is 3.56. The molecule has 0 fully saturated rings. The van der Waals surface area contributed by atoms with Crippen LogP contribution in [-0.2, 0) is 6.61 Å². The summed E-state index contributed by atoms with van der Waals surface area (Å²) in [6.07, 6.45) is 0. The van der Waals surface area contributed by atoms with Crippen LogP contribution in [-0.4, -0.2) is 41.0 Å². The van der Waals surface area contributed by atoms with E-state index in [0.29, 0.717) is 5.82 Å². The fraction of sp³-hybridized carbons (Fsp3) is 0.211. The molecule has 0 aliphatic rings.